The number of aliphatic carboxylic acids is 1. The number of hydrogen-bond acceptors (Lipinski definition) is 4. The van der Waals surface area contributed by atoms with Crippen molar-refractivity contribution >= 4 is 34.9 Å². The Labute approximate surface area is 297 Å². The quantitative estimate of drug-likeness (QED) is 0.156. The van der Waals surface area contributed by atoms with E-state index in [2.05, 4.69) is 45.6 Å². The van der Waals surface area contributed by atoms with E-state index in [-0.39, 0.29) is 12.5 Å². The van der Waals surface area contributed by atoms with E-state index in [9.17, 15) is 15.0 Å². The van der Waals surface area contributed by atoms with Crippen molar-refractivity contribution in [2.75, 3.05) is 29.7 Å². The number of halogens is 2. The molecule has 0 amide bonds. The maximum atomic E-state index is 10.3. The second kappa shape index (κ2) is 17.6. The molecule has 0 unspecified atom stereocenters. The van der Waals surface area contributed by atoms with E-state index >= 15 is 0 Å². The Bertz CT molecular complexity index is 1150. The van der Waals surface area contributed by atoms with Gasteiger partial charge in [0.25, 0.3) is 0 Å². The molecule has 0 saturated heterocycles. The molecule has 3 saturated carbocycles. The first kappa shape index (κ1) is 38.6. The lowest BCUT2D eigenvalue weighted by molar-refractivity contribution is -0.305. The van der Waals surface area contributed by atoms with Gasteiger partial charge in [-0.2, -0.15) is 0 Å². The molecule has 266 valence electrons. The molecular formula is C41H64Cl2NO3-. The number of anilines is 1. The van der Waals surface area contributed by atoms with Crippen molar-refractivity contribution in [3.05, 3.63) is 41.5 Å². The number of allylic oxidation sites excluding steroid dienone is 1. The summed E-state index contributed by atoms with van der Waals surface area (Å²) in [5.74, 6) is 5.58. The Kier molecular flexibility index (Phi) is 14.5. The van der Waals surface area contributed by atoms with Gasteiger partial charge in [0.05, 0.1) is 6.10 Å². The van der Waals surface area contributed by atoms with Gasteiger partial charge in [-0.3, -0.25) is 0 Å². The summed E-state index contributed by atoms with van der Waals surface area (Å²) in [5.41, 5.74) is 4.82. The van der Waals surface area contributed by atoms with Gasteiger partial charge in [0.15, 0.2) is 0 Å². The highest BCUT2D eigenvalue weighted by Crippen LogP contribution is 2.67. The van der Waals surface area contributed by atoms with Crippen LogP contribution in [0.1, 0.15) is 124 Å². The van der Waals surface area contributed by atoms with Crippen molar-refractivity contribution in [3.8, 4) is 0 Å². The third kappa shape index (κ3) is 9.52. The van der Waals surface area contributed by atoms with Crippen LogP contribution < -0.4 is 10.0 Å². The molecule has 8 atom stereocenters. The van der Waals surface area contributed by atoms with Crippen molar-refractivity contribution in [2.24, 2.45) is 46.3 Å². The standard InChI is InChI=1S/C27H46O.C14H19Cl2NO2/c1-18(2)7-6-8-19(3)23-11-12-24-22-10-9-20-17-21(28)13-15-26(20,4)25(22)14-16-27(23,24)5;15-8-10-17(11-9-16)13-6-4-12(5-7-13)2-1-3-14(18)19/h9,18-19,21-25,28H,6-8,10-17H2,1-5H3;4-7H,1-3,8-11H2,(H,18,19)/p-1/t19-,21+,22+,23-,24+,25+,26+,27-;/m1./s1. The number of carboxylic acid groups (broad SMARTS) is 1. The number of carboxylic acids is 1. The minimum Gasteiger partial charge on any atom is -0.550 e. The highest BCUT2D eigenvalue weighted by molar-refractivity contribution is 6.18. The zero-order chi connectivity index (χ0) is 34.2. The fraction of sp³-hybridized carbons (Fsp3) is 0.780. The maximum Gasteiger partial charge on any atom is 0.0577 e. The van der Waals surface area contributed by atoms with Crippen LogP contribution in [0.4, 0.5) is 5.69 Å². The summed E-state index contributed by atoms with van der Waals surface area (Å²) in [7, 11) is 0. The van der Waals surface area contributed by atoms with Gasteiger partial charge in [0.1, 0.15) is 0 Å². The Morgan fingerprint density at radius 1 is 0.957 bits per heavy atom. The van der Waals surface area contributed by atoms with E-state index < -0.39 is 5.97 Å². The van der Waals surface area contributed by atoms with E-state index in [0.717, 1.165) is 79.1 Å². The van der Waals surface area contributed by atoms with E-state index in [4.69, 9.17) is 23.2 Å². The summed E-state index contributed by atoms with van der Waals surface area (Å²) in [4.78, 5) is 12.5. The molecule has 0 aliphatic heterocycles. The molecule has 1 aromatic rings. The van der Waals surface area contributed by atoms with Crippen LogP contribution in [0.2, 0.25) is 0 Å². The first-order chi connectivity index (χ1) is 22.4. The fourth-order valence-corrected chi connectivity index (χ4v) is 11.0. The molecule has 0 bridgehead atoms. The number of rotatable bonds is 14. The molecule has 0 heterocycles. The summed E-state index contributed by atoms with van der Waals surface area (Å²) in [6.45, 7) is 14.1. The molecule has 47 heavy (non-hydrogen) atoms. The molecule has 4 nitrogen and oxygen atoms in total. The highest BCUT2D eigenvalue weighted by atomic mass is 35.5. The molecule has 5 rings (SSSR count). The predicted molar refractivity (Wildman–Crippen MR) is 197 cm³/mol. The topological polar surface area (TPSA) is 63.6 Å². The number of aliphatic hydroxyl groups is 1. The summed E-state index contributed by atoms with van der Waals surface area (Å²) in [5, 5.41) is 20.5. The SMILES string of the molecule is CC(C)CCC[C@@H](C)[C@H]1CC[C@H]2[C@@H]3CC=C4C[C@@H](O)CC[C@]4(C)[C@H]3CC[C@]12C.O=C([O-])CCCc1ccc(N(CCCl)CCCl)cc1. The number of fused-ring (bicyclic) bond motifs is 5. The van der Waals surface area contributed by atoms with E-state index in [1.165, 1.54) is 57.8 Å². The third-order valence-corrected chi connectivity index (χ3v) is 13.5. The Hall–Kier alpha value is -1.23. The van der Waals surface area contributed by atoms with Gasteiger partial charge >= 0.3 is 0 Å². The van der Waals surface area contributed by atoms with Gasteiger partial charge in [-0.05, 0) is 135 Å². The first-order valence-corrected chi connectivity index (χ1v) is 20.0. The average Bonchev–Trinajstić information content (AvgIpc) is 3.39. The summed E-state index contributed by atoms with van der Waals surface area (Å²) >= 11 is 11.5. The zero-order valence-corrected chi connectivity index (χ0v) is 31.6. The molecule has 1 N–H and O–H groups in total. The number of aliphatic hydroxyl groups excluding tert-OH is 1. The largest absolute Gasteiger partial charge is 0.550 e. The molecule has 6 heteroatoms. The number of benzene rings is 1. The van der Waals surface area contributed by atoms with Crippen molar-refractivity contribution in [3.63, 3.8) is 0 Å². The number of carbonyl (C=O) groups is 1. The number of hydrogen-bond donors (Lipinski definition) is 1. The summed E-state index contributed by atoms with van der Waals surface area (Å²) in [6.07, 6.45) is 18.6. The van der Waals surface area contributed by atoms with Crippen LogP contribution in [-0.2, 0) is 11.2 Å². The Morgan fingerprint density at radius 2 is 1.66 bits per heavy atom. The van der Waals surface area contributed by atoms with Crippen molar-refractivity contribution < 1.29 is 15.0 Å². The highest BCUT2D eigenvalue weighted by Gasteiger charge is 2.59. The van der Waals surface area contributed by atoms with E-state index in [1.54, 1.807) is 5.57 Å². The molecule has 0 spiro atoms. The molecular weight excluding hydrogens is 625 g/mol. The van der Waals surface area contributed by atoms with Gasteiger partial charge in [-0.1, -0.05) is 77.7 Å². The molecule has 4 aliphatic rings. The smallest absolute Gasteiger partial charge is 0.0577 e. The normalized spacial score (nSPS) is 31.9. The van der Waals surface area contributed by atoms with Crippen LogP contribution in [-0.4, -0.2) is 42.0 Å². The van der Waals surface area contributed by atoms with Gasteiger partial charge in [-0.25, -0.2) is 0 Å². The van der Waals surface area contributed by atoms with Gasteiger partial charge in [0, 0.05) is 36.5 Å². The third-order valence-electron chi connectivity index (χ3n) is 13.1. The number of aryl methyl sites for hydroxylation is 1. The second-order valence-electron chi connectivity index (χ2n) is 16.4. The Morgan fingerprint density at radius 3 is 2.30 bits per heavy atom. The van der Waals surface area contributed by atoms with Crippen LogP contribution in [0.5, 0.6) is 0 Å². The van der Waals surface area contributed by atoms with E-state index in [1.807, 2.05) is 24.3 Å². The van der Waals surface area contributed by atoms with Gasteiger partial charge in [0.2, 0.25) is 0 Å². The van der Waals surface area contributed by atoms with Crippen molar-refractivity contribution in [1.82, 2.24) is 0 Å². The average molecular weight is 690 g/mol. The zero-order valence-electron chi connectivity index (χ0n) is 30.1. The molecule has 0 aromatic heterocycles. The maximum absolute atomic E-state index is 10.3. The second-order valence-corrected chi connectivity index (χ2v) is 17.2. The summed E-state index contributed by atoms with van der Waals surface area (Å²) < 4.78 is 0. The minimum absolute atomic E-state index is 0.0766. The first-order valence-electron chi connectivity index (χ1n) is 19.0. The van der Waals surface area contributed by atoms with Crippen LogP contribution in [0.25, 0.3) is 0 Å². The number of carbonyl (C=O) groups excluding carboxylic acids is 1. The van der Waals surface area contributed by atoms with Gasteiger partial charge in [-0.15, -0.1) is 23.2 Å². The van der Waals surface area contributed by atoms with Crippen LogP contribution in [0, 0.1) is 46.3 Å². The lowest BCUT2D eigenvalue weighted by Gasteiger charge is -2.58. The Balaban J connectivity index is 0.000000231. The molecule has 1 aromatic carbocycles. The lowest BCUT2D eigenvalue weighted by atomic mass is 9.47. The number of nitrogens with zero attached hydrogens (tertiary/aromatic N) is 1. The lowest BCUT2D eigenvalue weighted by Crippen LogP contribution is -2.50. The molecule has 3 fully saturated rings. The predicted octanol–water partition coefficient (Wildman–Crippen LogP) is 9.43. The van der Waals surface area contributed by atoms with Crippen LogP contribution in [0.15, 0.2) is 35.9 Å². The molecule has 4 aliphatic carbocycles. The van der Waals surface area contributed by atoms with Crippen LogP contribution >= 0.6 is 23.2 Å². The van der Waals surface area contributed by atoms with Gasteiger partial charge < -0.3 is 19.9 Å². The van der Waals surface area contributed by atoms with E-state index in [0.29, 0.717) is 29.0 Å². The minimum atomic E-state index is -0.993. The number of alkyl halides is 2. The van der Waals surface area contributed by atoms with Crippen molar-refractivity contribution in [1.29, 1.82) is 0 Å². The summed E-state index contributed by atoms with van der Waals surface area (Å²) in [6, 6.07) is 8.07. The molecule has 0 radical (unpaired) electrons. The monoisotopic (exact) mass is 688 g/mol. The van der Waals surface area contributed by atoms with Crippen LogP contribution in [0.3, 0.4) is 0 Å². The fourth-order valence-electron chi connectivity index (χ4n) is 10.6. The van der Waals surface area contributed by atoms with Crippen molar-refractivity contribution in [2.45, 2.75) is 131 Å².